The molecule has 0 amide bonds. The number of ether oxygens (including phenoxy) is 1. The van der Waals surface area contributed by atoms with Crippen molar-refractivity contribution in [2.45, 2.75) is 44.3 Å². The Morgan fingerprint density at radius 2 is 2.00 bits per heavy atom. The summed E-state index contributed by atoms with van der Waals surface area (Å²) in [7, 11) is 0. The number of Topliss-reactive ketones (excluding diaryl/α,β-unsaturated/α-hetero) is 1. The lowest BCUT2D eigenvalue weighted by Crippen LogP contribution is -2.55. The molecule has 3 saturated carbocycles. The van der Waals surface area contributed by atoms with Crippen LogP contribution in [0.25, 0.3) is 0 Å². The van der Waals surface area contributed by atoms with E-state index in [-0.39, 0.29) is 41.3 Å². The lowest BCUT2D eigenvalue weighted by molar-refractivity contribution is -0.149. The van der Waals surface area contributed by atoms with Crippen molar-refractivity contribution >= 4 is 5.78 Å². The van der Waals surface area contributed by atoms with Crippen LogP contribution in [0.4, 0.5) is 0 Å². The monoisotopic (exact) mass is 326 g/mol. The molecule has 0 unspecified atom stereocenters. The van der Waals surface area contributed by atoms with E-state index < -0.39 is 11.7 Å². The fraction of sp³-hybridized carbons (Fsp3) is 0.550. The molecule has 4 aliphatic rings. The molecule has 6 atom stereocenters. The molecule has 126 valence electrons. The molecule has 0 aromatic heterocycles. The molecule has 1 aliphatic heterocycles. The molecule has 4 heteroatoms. The van der Waals surface area contributed by atoms with Crippen molar-refractivity contribution in [3.8, 4) is 5.75 Å². The fourth-order valence-electron chi connectivity index (χ4n) is 6.10. The van der Waals surface area contributed by atoms with E-state index >= 15 is 0 Å². The molecule has 1 aromatic carbocycles. The third-order valence-electron chi connectivity index (χ3n) is 7.11. The summed E-state index contributed by atoms with van der Waals surface area (Å²) < 4.78 is 5.83. The van der Waals surface area contributed by atoms with Crippen LogP contribution < -0.4 is 4.74 Å². The molecule has 24 heavy (non-hydrogen) atoms. The summed E-state index contributed by atoms with van der Waals surface area (Å²) in [5, 5.41) is 21.6. The standard InChI is InChI=1S/C20H22O4/c1-19(2)12-7-20(23)8-13(21)15(16(12)18(20)22)11-9-24-14-6-4-3-5-10(14)17(11)19/h3-6,9,12,15-18,22-23H,7-8H2,1-2H3/t12-,15+,16+,17+,18+,20-/m0/s1. The molecule has 1 aromatic rings. The summed E-state index contributed by atoms with van der Waals surface area (Å²) in [6.07, 6.45) is 1.46. The van der Waals surface area contributed by atoms with E-state index in [0.29, 0.717) is 6.42 Å². The second kappa shape index (κ2) is 4.30. The Kier molecular flexibility index (Phi) is 2.63. The molecule has 0 saturated heterocycles. The van der Waals surface area contributed by atoms with E-state index in [1.807, 2.05) is 18.2 Å². The number of aliphatic hydroxyl groups excluding tert-OH is 1. The summed E-state index contributed by atoms with van der Waals surface area (Å²) in [5.41, 5.74) is 0.674. The van der Waals surface area contributed by atoms with E-state index in [9.17, 15) is 15.0 Å². The van der Waals surface area contributed by atoms with Crippen molar-refractivity contribution in [2.24, 2.45) is 23.2 Å². The zero-order valence-corrected chi connectivity index (χ0v) is 13.9. The van der Waals surface area contributed by atoms with Gasteiger partial charge in [-0.3, -0.25) is 4.79 Å². The van der Waals surface area contributed by atoms with Crippen molar-refractivity contribution in [1.82, 2.24) is 0 Å². The molecule has 3 fully saturated rings. The Morgan fingerprint density at radius 1 is 1.25 bits per heavy atom. The zero-order chi connectivity index (χ0) is 16.9. The first-order valence-electron chi connectivity index (χ1n) is 8.73. The first-order valence-corrected chi connectivity index (χ1v) is 8.73. The van der Waals surface area contributed by atoms with Crippen molar-refractivity contribution in [2.75, 3.05) is 0 Å². The van der Waals surface area contributed by atoms with Crippen LogP contribution in [0.3, 0.4) is 0 Å². The van der Waals surface area contributed by atoms with Crippen LogP contribution in [0.15, 0.2) is 36.1 Å². The second-order valence-corrected chi connectivity index (χ2v) is 8.59. The van der Waals surface area contributed by atoms with Gasteiger partial charge in [0.1, 0.15) is 11.5 Å². The second-order valence-electron chi connectivity index (χ2n) is 8.59. The van der Waals surface area contributed by atoms with Gasteiger partial charge in [-0.05, 0) is 29.4 Å². The number of hydrogen-bond acceptors (Lipinski definition) is 4. The van der Waals surface area contributed by atoms with Crippen LogP contribution in [-0.4, -0.2) is 27.7 Å². The summed E-state index contributed by atoms with van der Waals surface area (Å²) >= 11 is 0. The van der Waals surface area contributed by atoms with E-state index in [4.69, 9.17) is 4.74 Å². The summed E-state index contributed by atoms with van der Waals surface area (Å²) in [6, 6.07) is 7.99. The maximum absolute atomic E-state index is 12.8. The minimum Gasteiger partial charge on any atom is -0.465 e. The number of ketones is 1. The number of benzene rings is 1. The van der Waals surface area contributed by atoms with Gasteiger partial charge in [-0.2, -0.15) is 0 Å². The van der Waals surface area contributed by atoms with Gasteiger partial charge in [0.05, 0.1) is 18.0 Å². The largest absolute Gasteiger partial charge is 0.465 e. The number of carbonyl (C=O) groups excluding carboxylic acids is 1. The highest BCUT2D eigenvalue weighted by molar-refractivity contribution is 5.88. The predicted molar refractivity (Wildman–Crippen MR) is 87.3 cm³/mol. The van der Waals surface area contributed by atoms with Crippen molar-refractivity contribution in [3.05, 3.63) is 41.7 Å². The summed E-state index contributed by atoms with van der Waals surface area (Å²) in [4.78, 5) is 12.8. The average molecular weight is 326 g/mol. The normalized spacial score (nSPS) is 44.2. The van der Waals surface area contributed by atoms with Gasteiger partial charge in [-0.15, -0.1) is 0 Å². The first kappa shape index (κ1) is 14.7. The maximum Gasteiger partial charge on any atom is 0.143 e. The molecular weight excluding hydrogens is 304 g/mol. The minimum absolute atomic E-state index is 0.0463. The van der Waals surface area contributed by atoms with Gasteiger partial charge in [0.25, 0.3) is 0 Å². The van der Waals surface area contributed by atoms with Gasteiger partial charge in [-0.1, -0.05) is 32.0 Å². The molecule has 3 aliphatic carbocycles. The van der Waals surface area contributed by atoms with Crippen molar-refractivity contribution in [1.29, 1.82) is 0 Å². The predicted octanol–water partition coefficient (Wildman–Crippen LogP) is 2.40. The van der Waals surface area contributed by atoms with Crippen LogP contribution in [0.1, 0.15) is 38.2 Å². The summed E-state index contributed by atoms with van der Waals surface area (Å²) in [5.74, 6) is 0.552. The van der Waals surface area contributed by atoms with E-state index in [1.54, 1.807) is 6.26 Å². The van der Waals surface area contributed by atoms with Crippen LogP contribution in [0, 0.1) is 23.2 Å². The number of aliphatic hydroxyl groups is 2. The molecule has 1 heterocycles. The van der Waals surface area contributed by atoms with E-state index in [0.717, 1.165) is 16.9 Å². The number of allylic oxidation sites excluding steroid dienone is 1. The number of para-hydroxylation sites is 1. The van der Waals surface area contributed by atoms with Crippen LogP contribution in [-0.2, 0) is 4.79 Å². The number of fused-ring (bicyclic) bond motifs is 5. The first-order chi connectivity index (χ1) is 11.3. The highest BCUT2D eigenvalue weighted by Crippen LogP contribution is 2.67. The van der Waals surface area contributed by atoms with E-state index in [2.05, 4.69) is 19.9 Å². The van der Waals surface area contributed by atoms with Gasteiger partial charge in [0.15, 0.2) is 0 Å². The van der Waals surface area contributed by atoms with Crippen LogP contribution >= 0.6 is 0 Å². The van der Waals surface area contributed by atoms with Crippen molar-refractivity contribution in [3.63, 3.8) is 0 Å². The van der Waals surface area contributed by atoms with Crippen LogP contribution in [0.5, 0.6) is 5.75 Å². The minimum atomic E-state index is -1.26. The fourth-order valence-corrected chi connectivity index (χ4v) is 6.10. The molecule has 2 N–H and O–H groups in total. The Bertz CT molecular complexity index is 780. The molecule has 0 spiro atoms. The van der Waals surface area contributed by atoms with Gasteiger partial charge < -0.3 is 14.9 Å². The Labute approximate surface area is 141 Å². The van der Waals surface area contributed by atoms with E-state index in [1.165, 1.54) is 0 Å². The molecule has 0 radical (unpaired) electrons. The lowest BCUT2D eigenvalue weighted by Gasteiger charge is -2.53. The number of rotatable bonds is 0. The lowest BCUT2D eigenvalue weighted by atomic mass is 9.51. The van der Waals surface area contributed by atoms with Crippen LogP contribution in [0.2, 0.25) is 0 Å². The number of hydrogen-bond donors (Lipinski definition) is 2. The quantitative estimate of drug-likeness (QED) is 0.768. The molecule has 4 nitrogen and oxygen atoms in total. The SMILES string of the molecule is CC1(C)[C@H]2C(=COc3ccccc32)[C@@H]2C(=O)C[C@@]3(O)C[C@H]1[C@H]2[C@H]3O. The van der Waals surface area contributed by atoms with Gasteiger partial charge in [0, 0.05) is 29.7 Å². The van der Waals surface area contributed by atoms with Gasteiger partial charge in [-0.25, -0.2) is 0 Å². The Morgan fingerprint density at radius 3 is 2.79 bits per heavy atom. The molecular formula is C20H22O4. The van der Waals surface area contributed by atoms with Crippen molar-refractivity contribution < 1.29 is 19.7 Å². The molecule has 5 rings (SSSR count). The number of carbonyl (C=O) groups is 1. The van der Waals surface area contributed by atoms with Gasteiger partial charge in [0.2, 0.25) is 0 Å². The zero-order valence-electron chi connectivity index (χ0n) is 13.9. The van der Waals surface area contributed by atoms with Gasteiger partial charge >= 0.3 is 0 Å². The third-order valence-corrected chi connectivity index (χ3v) is 7.11. The Balaban J connectivity index is 1.74. The maximum atomic E-state index is 12.8. The smallest absolute Gasteiger partial charge is 0.143 e. The topological polar surface area (TPSA) is 66.8 Å². The average Bonchev–Trinajstić information content (AvgIpc) is 2.73. The Hall–Kier alpha value is -1.65. The summed E-state index contributed by atoms with van der Waals surface area (Å²) in [6.45, 7) is 4.41. The highest BCUT2D eigenvalue weighted by Gasteiger charge is 2.69. The third kappa shape index (κ3) is 1.54. The highest BCUT2D eigenvalue weighted by atomic mass is 16.5. The molecule has 2 bridgehead atoms.